The summed E-state index contributed by atoms with van der Waals surface area (Å²) in [6, 6.07) is -6.47. The highest BCUT2D eigenvalue weighted by Crippen LogP contribution is 2.18. The molecule has 5 amide bonds. The van der Waals surface area contributed by atoms with E-state index in [2.05, 4.69) is 33.9 Å². The molecule has 1 aliphatic heterocycles. The van der Waals surface area contributed by atoms with E-state index in [0.717, 1.165) is 11.8 Å². The minimum Gasteiger partial charge on any atom is -0.480 e. The number of nitrogens with two attached hydrogens (primary N) is 2. The van der Waals surface area contributed by atoms with E-state index >= 15 is 0 Å². The number of amides is 5. The number of nitrogens with one attached hydrogen (secondary N) is 4. The van der Waals surface area contributed by atoms with E-state index in [1.807, 2.05) is 0 Å². The van der Waals surface area contributed by atoms with Gasteiger partial charge in [-0.1, -0.05) is 0 Å². The number of aliphatic carboxylic acids is 1. The first-order valence-electron chi connectivity index (χ1n) is 9.72. The largest absolute Gasteiger partial charge is 0.480 e. The van der Waals surface area contributed by atoms with Crippen molar-refractivity contribution in [3.8, 4) is 0 Å². The zero-order valence-corrected chi connectivity index (χ0v) is 19.4. The summed E-state index contributed by atoms with van der Waals surface area (Å²) in [7, 11) is 0. The van der Waals surface area contributed by atoms with Gasteiger partial charge in [0, 0.05) is 11.5 Å². The molecular formula is C17H28N6O8S2. The lowest BCUT2D eigenvalue weighted by atomic mass is 10.1. The van der Waals surface area contributed by atoms with Gasteiger partial charge < -0.3 is 42.9 Å². The first kappa shape index (κ1) is 28.5. The standard InChI is InChI=1S/C17H28N6O8S2/c1-6-13(26)21-8(2-11(19)25)15(28)23-10(4-32)12(17(30)31)33-5-7(18)14(27)22-9(3-24)16(29)20-6/h6-10,12,24,32H,2-5,18H2,1H3,(H2,19,25)(H,20,29)(H,21,26)(H,22,27)(H,23,28)(H,30,31)/t6-,7-,8-,9?,10+,12?/m0/s1. The molecule has 1 heterocycles. The van der Waals surface area contributed by atoms with E-state index in [-0.39, 0.29) is 11.5 Å². The molecule has 6 atom stereocenters. The summed E-state index contributed by atoms with van der Waals surface area (Å²) in [5.74, 6) is -6.09. The number of primary amides is 1. The number of thioether (sulfide) groups is 1. The Hall–Kier alpha value is -2.56. The summed E-state index contributed by atoms with van der Waals surface area (Å²) in [6.45, 7) is 0.461. The predicted octanol–water partition coefficient (Wildman–Crippen LogP) is -4.73. The number of aliphatic hydroxyl groups excluding tert-OH is 1. The van der Waals surface area contributed by atoms with Gasteiger partial charge in [0.25, 0.3) is 0 Å². The van der Waals surface area contributed by atoms with Crippen LogP contribution in [0.4, 0.5) is 0 Å². The molecule has 10 N–H and O–H groups in total. The van der Waals surface area contributed by atoms with Crippen molar-refractivity contribution in [1.82, 2.24) is 21.3 Å². The van der Waals surface area contributed by atoms with Crippen LogP contribution >= 0.6 is 24.4 Å². The lowest BCUT2D eigenvalue weighted by molar-refractivity contribution is -0.137. The first-order chi connectivity index (χ1) is 15.4. The van der Waals surface area contributed by atoms with E-state index in [9.17, 15) is 39.0 Å². The lowest BCUT2D eigenvalue weighted by Gasteiger charge is -2.28. The Morgan fingerprint density at radius 3 is 2.12 bits per heavy atom. The number of carboxylic acid groups (broad SMARTS) is 1. The van der Waals surface area contributed by atoms with Crippen molar-refractivity contribution in [1.29, 1.82) is 0 Å². The number of carbonyl (C=O) groups is 6. The third-order valence-corrected chi connectivity index (χ3v) is 6.37. The predicted molar refractivity (Wildman–Crippen MR) is 120 cm³/mol. The van der Waals surface area contributed by atoms with Crippen molar-refractivity contribution in [2.75, 3.05) is 18.1 Å². The Bertz CT molecular complexity index is 785. The number of carboxylic acids is 1. The van der Waals surface area contributed by atoms with Gasteiger partial charge in [-0.2, -0.15) is 12.6 Å². The molecule has 0 aromatic rings. The van der Waals surface area contributed by atoms with Crippen LogP contribution < -0.4 is 32.7 Å². The zero-order chi connectivity index (χ0) is 25.3. The van der Waals surface area contributed by atoms with Crippen molar-refractivity contribution in [2.45, 2.75) is 48.8 Å². The summed E-state index contributed by atoms with van der Waals surface area (Å²) in [6.07, 6.45) is -0.595. The smallest absolute Gasteiger partial charge is 0.318 e. The number of hydrogen-bond acceptors (Lipinski definition) is 10. The molecule has 1 rings (SSSR count). The van der Waals surface area contributed by atoms with Crippen molar-refractivity contribution in [3.05, 3.63) is 0 Å². The summed E-state index contributed by atoms with van der Waals surface area (Å²) in [5, 5.41) is 26.9. The van der Waals surface area contributed by atoms with Crippen molar-refractivity contribution in [2.24, 2.45) is 11.5 Å². The quantitative estimate of drug-likeness (QED) is 0.161. The minimum atomic E-state index is -1.46. The van der Waals surface area contributed by atoms with Gasteiger partial charge in [-0.05, 0) is 6.92 Å². The fraction of sp³-hybridized carbons (Fsp3) is 0.647. The zero-order valence-electron chi connectivity index (χ0n) is 17.6. The average molecular weight is 509 g/mol. The van der Waals surface area contributed by atoms with E-state index in [1.165, 1.54) is 6.92 Å². The number of rotatable bonds is 5. The molecule has 0 aliphatic carbocycles. The average Bonchev–Trinajstić information content (AvgIpc) is 2.74. The Labute approximate surface area is 198 Å². The van der Waals surface area contributed by atoms with Gasteiger partial charge in [0.05, 0.1) is 25.1 Å². The second-order valence-corrected chi connectivity index (χ2v) is 8.74. The van der Waals surface area contributed by atoms with Crippen molar-refractivity contribution in [3.63, 3.8) is 0 Å². The molecule has 1 saturated heterocycles. The monoisotopic (exact) mass is 508 g/mol. The van der Waals surface area contributed by atoms with Gasteiger partial charge in [0.1, 0.15) is 23.4 Å². The lowest BCUT2D eigenvalue weighted by Crippen LogP contribution is -2.60. The van der Waals surface area contributed by atoms with Crippen LogP contribution in [-0.4, -0.2) is 99.3 Å². The third-order valence-electron chi connectivity index (χ3n) is 4.53. The van der Waals surface area contributed by atoms with Crippen molar-refractivity contribution >= 4 is 59.9 Å². The van der Waals surface area contributed by atoms with Gasteiger partial charge in [-0.3, -0.25) is 28.8 Å². The first-order valence-corrected chi connectivity index (χ1v) is 11.4. The van der Waals surface area contributed by atoms with Crippen LogP contribution in [0.2, 0.25) is 0 Å². The van der Waals surface area contributed by atoms with E-state index in [1.54, 1.807) is 0 Å². The molecule has 16 heteroatoms. The van der Waals surface area contributed by atoms with Crippen LogP contribution in [0.15, 0.2) is 0 Å². The van der Waals surface area contributed by atoms with Gasteiger partial charge in [0.2, 0.25) is 29.5 Å². The second kappa shape index (κ2) is 13.2. The molecule has 0 aromatic carbocycles. The normalized spacial score (nSPS) is 30.4. The molecular weight excluding hydrogens is 480 g/mol. The second-order valence-electron chi connectivity index (χ2n) is 7.20. The molecule has 0 radical (unpaired) electrons. The number of aliphatic hydroxyl groups is 1. The summed E-state index contributed by atoms with van der Waals surface area (Å²) in [5.41, 5.74) is 10.9. The fourth-order valence-electron chi connectivity index (χ4n) is 2.70. The Morgan fingerprint density at radius 1 is 1.03 bits per heavy atom. The van der Waals surface area contributed by atoms with E-state index in [0.29, 0.717) is 0 Å². The third kappa shape index (κ3) is 8.71. The maximum Gasteiger partial charge on any atom is 0.318 e. The van der Waals surface area contributed by atoms with Crippen LogP contribution in [0.5, 0.6) is 0 Å². The SMILES string of the molecule is C[C@@H]1NC(=O)C(CO)NC(=O)[C@@H](N)CSC(C(=O)O)[C@@H](CS)NC(=O)[C@H](CC(N)=O)NC1=O. The Kier molecular flexibility index (Phi) is 11.4. The molecule has 0 bridgehead atoms. The molecule has 0 aromatic heterocycles. The van der Waals surface area contributed by atoms with Crippen molar-refractivity contribution < 1.29 is 39.0 Å². The molecule has 1 aliphatic rings. The molecule has 0 spiro atoms. The minimum absolute atomic E-state index is 0.132. The van der Waals surface area contributed by atoms with Gasteiger partial charge in [0.15, 0.2) is 0 Å². The van der Waals surface area contributed by atoms with E-state index < -0.39 is 84.0 Å². The Morgan fingerprint density at radius 2 is 1.61 bits per heavy atom. The van der Waals surface area contributed by atoms with Gasteiger partial charge in [-0.15, -0.1) is 11.8 Å². The number of thiol groups is 1. The molecule has 1 fully saturated rings. The number of carbonyl (C=O) groups excluding carboxylic acids is 5. The van der Waals surface area contributed by atoms with Crippen LogP contribution in [0, 0.1) is 0 Å². The highest BCUT2D eigenvalue weighted by atomic mass is 32.2. The molecule has 2 unspecified atom stereocenters. The maximum atomic E-state index is 12.7. The highest BCUT2D eigenvalue weighted by molar-refractivity contribution is 8.00. The van der Waals surface area contributed by atoms with Gasteiger partial charge >= 0.3 is 5.97 Å². The van der Waals surface area contributed by atoms with Gasteiger partial charge in [-0.25, -0.2) is 0 Å². The fourth-order valence-corrected chi connectivity index (χ4v) is 4.25. The summed E-state index contributed by atoms with van der Waals surface area (Å²) in [4.78, 5) is 73.0. The van der Waals surface area contributed by atoms with Crippen LogP contribution in [-0.2, 0) is 28.8 Å². The van der Waals surface area contributed by atoms with Crippen LogP contribution in [0.3, 0.4) is 0 Å². The molecule has 14 nitrogen and oxygen atoms in total. The highest BCUT2D eigenvalue weighted by Gasteiger charge is 2.35. The van der Waals surface area contributed by atoms with Crippen LogP contribution in [0.25, 0.3) is 0 Å². The Balaban J connectivity index is 3.30. The molecule has 186 valence electrons. The topological polar surface area (TPSA) is 243 Å². The summed E-state index contributed by atoms with van der Waals surface area (Å²) >= 11 is 4.82. The van der Waals surface area contributed by atoms with Crippen LogP contribution in [0.1, 0.15) is 13.3 Å². The molecule has 33 heavy (non-hydrogen) atoms. The van der Waals surface area contributed by atoms with E-state index in [4.69, 9.17) is 11.5 Å². The molecule has 0 saturated carbocycles. The maximum absolute atomic E-state index is 12.7. The summed E-state index contributed by atoms with van der Waals surface area (Å²) < 4.78 is 0. The number of hydrogen-bond donors (Lipinski definition) is 9.